The molecular formula is C36H22BrNO. The van der Waals surface area contributed by atoms with Crippen LogP contribution in [0.15, 0.2) is 142 Å². The van der Waals surface area contributed by atoms with Gasteiger partial charge in [-0.25, -0.2) is 0 Å². The van der Waals surface area contributed by atoms with Gasteiger partial charge in [0.05, 0.1) is 11.0 Å². The van der Waals surface area contributed by atoms with Crippen molar-refractivity contribution in [1.82, 2.24) is 4.57 Å². The third-order valence-corrected chi connectivity index (χ3v) is 8.20. The molecule has 6 aromatic carbocycles. The highest BCUT2D eigenvalue weighted by Crippen LogP contribution is 2.40. The van der Waals surface area contributed by atoms with E-state index in [1.165, 1.54) is 32.9 Å². The second-order valence-electron chi connectivity index (χ2n) is 9.92. The molecular weight excluding hydrogens is 542 g/mol. The van der Waals surface area contributed by atoms with Crippen LogP contribution in [0.4, 0.5) is 0 Å². The number of para-hydroxylation sites is 3. The molecule has 0 atom stereocenters. The maximum Gasteiger partial charge on any atom is 0.143 e. The average molecular weight is 564 g/mol. The summed E-state index contributed by atoms with van der Waals surface area (Å²) in [5.74, 6) is 0. The second kappa shape index (κ2) is 8.72. The van der Waals surface area contributed by atoms with E-state index in [9.17, 15) is 0 Å². The normalized spacial score (nSPS) is 11.7. The van der Waals surface area contributed by atoms with Crippen molar-refractivity contribution >= 4 is 59.7 Å². The highest BCUT2D eigenvalue weighted by molar-refractivity contribution is 9.10. The highest BCUT2D eigenvalue weighted by Gasteiger charge is 2.17. The maximum absolute atomic E-state index is 6.39. The predicted molar refractivity (Wildman–Crippen MR) is 167 cm³/mol. The number of halogens is 1. The molecule has 0 saturated heterocycles. The lowest BCUT2D eigenvalue weighted by Crippen LogP contribution is -1.93. The number of rotatable bonds is 3. The van der Waals surface area contributed by atoms with Crippen LogP contribution in [0, 0.1) is 0 Å². The number of fused-ring (bicyclic) bond motifs is 6. The summed E-state index contributed by atoms with van der Waals surface area (Å²) in [6.07, 6.45) is 0. The first-order chi connectivity index (χ1) is 19.2. The Hall–Kier alpha value is -4.60. The second-order valence-corrected chi connectivity index (χ2v) is 10.8. The van der Waals surface area contributed by atoms with Crippen molar-refractivity contribution in [3.8, 4) is 27.9 Å². The van der Waals surface area contributed by atoms with Gasteiger partial charge < -0.3 is 8.98 Å². The fraction of sp³-hybridized carbons (Fsp3) is 0. The molecule has 0 spiro atoms. The summed E-state index contributed by atoms with van der Waals surface area (Å²) in [7, 11) is 0. The van der Waals surface area contributed by atoms with E-state index < -0.39 is 0 Å². The van der Waals surface area contributed by atoms with Crippen molar-refractivity contribution < 1.29 is 4.42 Å². The number of hydrogen-bond acceptors (Lipinski definition) is 1. The van der Waals surface area contributed by atoms with Gasteiger partial charge in [-0.1, -0.05) is 107 Å². The molecule has 0 aliphatic rings. The van der Waals surface area contributed by atoms with Crippen molar-refractivity contribution in [2.24, 2.45) is 0 Å². The van der Waals surface area contributed by atoms with Gasteiger partial charge in [-0.15, -0.1) is 0 Å². The Morgan fingerprint density at radius 3 is 1.92 bits per heavy atom. The Labute approximate surface area is 233 Å². The highest BCUT2D eigenvalue weighted by atomic mass is 79.9. The molecule has 0 fully saturated rings. The Morgan fingerprint density at radius 2 is 1.13 bits per heavy atom. The van der Waals surface area contributed by atoms with E-state index in [-0.39, 0.29) is 0 Å². The van der Waals surface area contributed by atoms with E-state index in [1.54, 1.807) is 0 Å². The summed E-state index contributed by atoms with van der Waals surface area (Å²) >= 11 is 3.56. The van der Waals surface area contributed by atoms with E-state index in [0.717, 1.165) is 43.2 Å². The van der Waals surface area contributed by atoms with Crippen LogP contribution in [0.3, 0.4) is 0 Å². The molecule has 2 heterocycles. The lowest BCUT2D eigenvalue weighted by atomic mass is 10.00. The zero-order valence-electron chi connectivity index (χ0n) is 20.9. The molecule has 2 aromatic heterocycles. The molecule has 0 aliphatic heterocycles. The molecule has 8 aromatic rings. The van der Waals surface area contributed by atoms with Crippen molar-refractivity contribution in [1.29, 1.82) is 0 Å². The zero-order chi connectivity index (χ0) is 25.9. The Balaban J connectivity index is 1.41. The van der Waals surface area contributed by atoms with Crippen molar-refractivity contribution in [3.05, 3.63) is 138 Å². The fourth-order valence-electron chi connectivity index (χ4n) is 5.84. The molecule has 0 saturated carbocycles. The zero-order valence-corrected chi connectivity index (χ0v) is 22.5. The minimum atomic E-state index is 0.917. The van der Waals surface area contributed by atoms with Crippen LogP contribution in [-0.4, -0.2) is 4.57 Å². The van der Waals surface area contributed by atoms with Crippen LogP contribution < -0.4 is 0 Å². The van der Waals surface area contributed by atoms with Crippen molar-refractivity contribution in [2.75, 3.05) is 0 Å². The molecule has 0 N–H and O–H groups in total. The number of furan rings is 1. The maximum atomic E-state index is 6.39. The molecule has 0 aliphatic carbocycles. The van der Waals surface area contributed by atoms with Gasteiger partial charge in [0.25, 0.3) is 0 Å². The third-order valence-electron chi connectivity index (χ3n) is 7.67. The van der Waals surface area contributed by atoms with Gasteiger partial charge in [0.2, 0.25) is 0 Å². The lowest BCUT2D eigenvalue weighted by molar-refractivity contribution is 0.670. The first-order valence-electron chi connectivity index (χ1n) is 13.0. The summed E-state index contributed by atoms with van der Waals surface area (Å²) in [4.78, 5) is 0. The van der Waals surface area contributed by atoms with Crippen LogP contribution in [0.5, 0.6) is 0 Å². The first-order valence-corrected chi connectivity index (χ1v) is 13.8. The molecule has 0 radical (unpaired) electrons. The smallest absolute Gasteiger partial charge is 0.143 e. The summed E-state index contributed by atoms with van der Waals surface area (Å²) in [6, 6.07) is 47.4. The van der Waals surface area contributed by atoms with E-state index in [2.05, 4.69) is 142 Å². The van der Waals surface area contributed by atoms with Crippen molar-refractivity contribution in [2.45, 2.75) is 0 Å². The largest absolute Gasteiger partial charge is 0.455 e. The Morgan fingerprint density at radius 1 is 0.487 bits per heavy atom. The van der Waals surface area contributed by atoms with Crippen LogP contribution in [-0.2, 0) is 0 Å². The molecule has 3 heteroatoms. The monoisotopic (exact) mass is 563 g/mol. The van der Waals surface area contributed by atoms with Gasteiger partial charge in [0.15, 0.2) is 0 Å². The quantitative estimate of drug-likeness (QED) is 0.209. The number of nitrogens with zero attached hydrogens (tertiary/aromatic N) is 1. The van der Waals surface area contributed by atoms with Crippen molar-refractivity contribution in [3.63, 3.8) is 0 Å². The summed E-state index contributed by atoms with van der Waals surface area (Å²) in [6.45, 7) is 0. The third kappa shape index (κ3) is 3.54. The predicted octanol–water partition coefficient (Wildman–Crippen LogP) is 10.8. The summed E-state index contributed by atoms with van der Waals surface area (Å²) < 4.78 is 9.85. The molecule has 0 unspecified atom stereocenters. The van der Waals surface area contributed by atoms with Crippen LogP contribution in [0.25, 0.3) is 71.7 Å². The molecule has 39 heavy (non-hydrogen) atoms. The van der Waals surface area contributed by atoms with Crippen LogP contribution >= 0.6 is 15.9 Å². The van der Waals surface area contributed by atoms with E-state index >= 15 is 0 Å². The van der Waals surface area contributed by atoms with Gasteiger partial charge in [-0.05, 0) is 59.2 Å². The van der Waals surface area contributed by atoms with E-state index in [4.69, 9.17) is 4.42 Å². The lowest BCUT2D eigenvalue weighted by Gasteiger charge is -2.10. The fourth-order valence-corrected chi connectivity index (χ4v) is 6.10. The molecule has 0 amide bonds. The Kier molecular flexibility index (Phi) is 5.01. The standard InChI is InChI=1S/C36H22BrNO/c37-26-17-13-23(14-18-26)24-15-19-29-30-20-16-25(22-34(30)38(33(29)21-24)27-7-2-1-3-8-27)28-10-6-11-32-31-9-4-5-12-35(31)39-36(28)32/h1-22H. The molecule has 2 nitrogen and oxygen atoms in total. The number of aromatic nitrogens is 1. The average Bonchev–Trinajstić information content (AvgIpc) is 3.53. The summed E-state index contributed by atoms with van der Waals surface area (Å²) in [5.41, 5.74) is 9.99. The van der Waals surface area contributed by atoms with Crippen LogP contribution in [0.1, 0.15) is 0 Å². The molecule has 0 bridgehead atoms. The molecule has 8 rings (SSSR count). The van der Waals surface area contributed by atoms with E-state index in [0.29, 0.717) is 0 Å². The van der Waals surface area contributed by atoms with Gasteiger partial charge in [0, 0.05) is 37.3 Å². The van der Waals surface area contributed by atoms with Crippen LogP contribution in [0.2, 0.25) is 0 Å². The van der Waals surface area contributed by atoms with Gasteiger partial charge >= 0.3 is 0 Å². The minimum absolute atomic E-state index is 0.917. The minimum Gasteiger partial charge on any atom is -0.455 e. The van der Waals surface area contributed by atoms with E-state index in [1.807, 2.05) is 12.1 Å². The topological polar surface area (TPSA) is 18.1 Å². The van der Waals surface area contributed by atoms with Gasteiger partial charge in [0.1, 0.15) is 11.2 Å². The molecule has 184 valence electrons. The number of hydrogen-bond donors (Lipinski definition) is 0. The van der Waals surface area contributed by atoms with Gasteiger partial charge in [-0.2, -0.15) is 0 Å². The summed E-state index contributed by atoms with van der Waals surface area (Å²) in [5, 5.41) is 4.76. The van der Waals surface area contributed by atoms with Gasteiger partial charge in [-0.3, -0.25) is 0 Å². The Bertz CT molecular complexity index is 2170. The first kappa shape index (κ1) is 22.4. The SMILES string of the molecule is Brc1ccc(-c2ccc3c4ccc(-c5cccc6c5oc5ccccc56)cc4n(-c4ccccc4)c3c2)cc1. The number of benzene rings is 6.